The first kappa shape index (κ1) is 23.7. The van der Waals surface area contributed by atoms with Gasteiger partial charge in [0.2, 0.25) is 5.43 Å². The number of rotatable bonds is 6. The molecule has 0 bridgehead atoms. The van der Waals surface area contributed by atoms with Gasteiger partial charge in [-0.3, -0.25) is 19.3 Å². The number of piperazine rings is 1. The second-order valence-electron chi connectivity index (χ2n) is 10.1. The van der Waals surface area contributed by atoms with Gasteiger partial charge in [-0.25, -0.2) is 4.39 Å². The molecule has 2 heterocycles. The van der Waals surface area contributed by atoms with Crippen LogP contribution in [0.2, 0.25) is 0 Å². The maximum atomic E-state index is 13.5. The summed E-state index contributed by atoms with van der Waals surface area (Å²) in [6.07, 6.45) is 10.5. The molecule has 0 unspecified atom stereocenters. The van der Waals surface area contributed by atoms with Gasteiger partial charge in [0, 0.05) is 57.2 Å². The Morgan fingerprint density at radius 3 is 2.34 bits per heavy atom. The maximum Gasteiger partial charge on any atom is 0.259 e. The first-order chi connectivity index (χ1) is 17.0. The molecule has 2 saturated carbocycles. The monoisotopic (exact) mass is 480 g/mol. The molecule has 3 fully saturated rings. The van der Waals surface area contributed by atoms with Gasteiger partial charge in [-0.05, 0) is 43.4 Å². The third-order valence-electron chi connectivity index (χ3n) is 7.38. The highest BCUT2D eigenvalue weighted by molar-refractivity contribution is 5.99. The van der Waals surface area contributed by atoms with E-state index in [0.29, 0.717) is 32.7 Å². The Hall–Kier alpha value is -3.00. The Morgan fingerprint density at radius 1 is 0.943 bits per heavy atom. The number of amides is 2. The lowest BCUT2D eigenvalue weighted by molar-refractivity contribution is 0.0626. The van der Waals surface area contributed by atoms with Gasteiger partial charge in [-0.15, -0.1) is 0 Å². The van der Waals surface area contributed by atoms with Crippen LogP contribution >= 0.6 is 0 Å². The molecule has 8 heteroatoms. The summed E-state index contributed by atoms with van der Waals surface area (Å²) >= 11 is 0. The highest BCUT2D eigenvalue weighted by atomic mass is 19.1. The number of nitrogens with zero attached hydrogens (tertiary/aromatic N) is 3. The van der Waals surface area contributed by atoms with Crippen LogP contribution in [0.25, 0.3) is 0 Å². The maximum absolute atomic E-state index is 13.5. The van der Waals surface area contributed by atoms with E-state index in [2.05, 4.69) is 10.2 Å². The molecule has 0 spiro atoms. The number of hydrogen-bond acceptors (Lipinski definition) is 4. The first-order valence-electron chi connectivity index (χ1n) is 12.8. The fourth-order valence-corrected chi connectivity index (χ4v) is 5.18. The van der Waals surface area contributed by atoms with Gasteiger partial charge in [-0.2, -0.15) is 0 Å². The zero-order valence-electron chi connectivity index (χ0n) is 20.0. The molecular weight excluding hydrogens is 447 g/mol. The number of aromatic nitrogens is 1. The van der Waals surface area contributed by atoms with Crippen molar-refractivity contribution in [3.05, 3.63) is 69.4 Å². The van der Waals surface area contributed by atoms with Gasteiger partial charge in [-0.1, -0.05) is 31.4 Å². The molecule has 2 amide bonds. The molecule has 0 radical (unpaired) electrons. The van der Waals surface area contributed by atoms with Gasteiger partial charge in [0.1, 0.15) is 16.9 Å². The minimum atomic E-state index is -0.484. The molecular formula is C27H33FN4O3. The van der Waals surface area contributed by atoms with Crippen molar-refractivity contribution in [3.63, 3.8) is 0 Å². The molecule has 1 aliphatic heterocycles. The van der Waals surface area contributed by atoms with E-state index >= 15 is 0 Å². The Balaban J connectivity index is 1.29. The van der Waals surface area contributed by atoms with Crippen LogP contribution in [0, 0.1) is 5.82 Å². The third kappa shape index (κ3) is 5.64. The third-order valence-corrected chi connectivity index (χ3v) is 7.38. The number of benzene rings is 1. The Morgan fingerprint density at radius 2 is 1.66 bits per heavy atom. The minimum absolute atomic E-state index is 0.0677. The van der Waals surface area contributed by atoms with Crippen LogP contribution in [0.1, 0.15) is 77.3 Å². The van der Waals surface area contributed by atoms with E-state index in [0.717, 1.165) is 44.1 Å². The molecule has 1 N–H and O–H groups in total. The van der Waals surface area contributed by atoms with Crippen LogP contribution in [0.5, 0.6) is 0 Å². The summed E-state index contributed by atoms with van der Waals surface area (Å²) in [4.78, 5) is 43.6. The SMILES string of the molecule is O=C(NC1CCCCC1)c1cn(C2CC2)cc(C(=O)N2CCN(Cc3cccc(F)c3)CC2)c1=O. The average molecular weight is 481 g/mol. The van der Waals surface area contributed by atoms with E-state index < -0.39 is 5.43 Å². The van der Waals surface area contributed by atoms with Crippen molar-refractivity contribution in [3.8, 4) is 0 Å². The molecule has 7 nitrogen and oxygen atoms in total. The number of halogens is 1. The second-order valence-corrected chi connectivity index (χ2v) is 10.1. The average Bonchev–Trinajstić information content (AvgIpc) is 3.70. The lowest BCUT2D eigenvalue weighted by Crippen LogP contribution is -2.49. The number of pyridine rings is 1. The predicted octanol–water partition coefficient (Wildman–Crippen LogP) is 3.34. The van der Waals surface area contributed by atoms with E-state index in [-0.39, 0.29) is 40.8 Å². The molecule has 2 aromatic rings. The normalized spacial score (nSPS) is 19.5. The molecule has 186 valence electrons. The Labute approximate surface area is 204 Å². The van der Waals surface area contributed by atoms with Crippen molar-refractivity contribution in [2.75, 3.05) is 26.2 Å². The molecule has 3 aliphatic rings. The molecule has 35 heavy (non-hydrogen) atoms. The smallest absolute Gasteiger partial charge is 0.259 e. The Bertz CT molecular complexity index is 1150. The summed E-state index contributed by atoms with van der Waals surface area (Å²) in [6, 6.07) is 6.89. The second kappa shape index (κ2) is 10.3. The first-order valence-corrected chi connectivity index (χ1v) is 12.8. The fraction of sp³-hybridized carbons (Fsp3) is 0.519. The summed E-state index contributed by atoms with van der Waals surface area (Å²) in [7, 11) is 0. The summed E-state index contributed by atoms with van der Waals surface area (Å²) in [5, 5.41) is 3.03. The molecule has 0 atom stereocenters. The van der Waals surface area contributed by atoms with Crippen LogP contribution in [-0.2, 0) is 6.54 Å². The van der Waals surface area contributed by atoms with E-state index in [1.807, 2.05) is 10.6 Å². The van der Waals surface area contributed by atoms with Crippen LogP contribution in [0.3, 0.4) is 0 Å². The van der Waals surface area contributed by atoms with Crippen molar-refractivity contribution in [2.24, 2.45) is 0 Å². The van der Waals surface area contributed by atoms with Gasteiger partial charge in [0.25, 0.3) is 11.8 Å². The van der Waals surface area contributed by atoms with E-state index in [1.54, 1.807) is 23.4 Å². The molecule has 1 aromatic carbocycles. The van der Waals surface area contributed by atoms with Crippen LogP contribution < -0.4 is 10.7 Å². The van der Waals surface area contributed by atoms with Crippen molar-refractivity contribution < 1.29 is 14.0 Å². The highest BCUT2D eigenvalue weighted by Gasteiger charge is 2.30. The van der Waals surface area contributed by atoms with E-state index in [4.69, 9.17) is 0 Å². The zero-order chi connectivity index (χ0) is 24.4. The minimum Gasteiger partial charge on any atom is -0.349 e. The largest absolute Gasteiger partial charge is 0.349 e. The fourth-order valence-electron chi connectivity index (χ4n) is 5.18. The van der Waals surface area contributed by atoms with Gasteiger partial charge < -0.3 is 14.8 Å². The zero-order valence-corrected chi connectivity index (χ0v) is 20.0. The van der Waals surface area contributed by atoms with E-state index in [1.165, 1.54) is 18.6 Å². The van der Waals surface area contributed by atoms with Gasteiger partial charge in [0.05, 0.1) is 0 Å². The molecule has 1 saturated heterocycles. The van der Waals surface area contributed by atoms with Crippen molar-refractivity contribution in [1.29, 1.82) is 0 Å². The van der Waals surface area contributed by atoms with Crippen LogP contribution in [0.15, 0.2) is 41.5 Å². The van der Waals surface area contributed by atoms with E-state index in [9.17, 15) is 18.8 Å². The topological polar surface area (TPSA) is 74.7 Å². The number of hydrogen-bond donors (Lipinski definition) is 1. The highest BCUT2D eigenvalue weighted by Crippen LogP contribution is 2.34. The molecule has 5 rings (SSSR count). The number of nitrogens with one attached hydrogen (secondary N) is 1. The molecule has 2 aliphatic carbocycles. The molecule has 1 aromatic heterocycles. The lowest BCUT2D eigenvalue weighted by Gasteiger charge is -2.34. The summed E-state index contributed by atoms with van der Waals surface area (Å²) in [5.74, 6) is -0.941. The summed E-state index contributed by atoms with van der Waals surface area (Å²) in [6.45, 7) is 2.86. The van der Waals surface area contributed by atoms with Gasteiger partial charge >= 0.3 is 0 Å². The number of carbonyl (C=O) groups excluding carboxylic acids is 2. The van der Waals surface area contributed by atoms with Gasteiger partial charge in [0.15, 0.2) is 0 Å². The summed E-state index contributed by atoms with van der Waals surface area (Å²) in [5.41, 5.74) is 0.556. The van der Waals surface area contributed by atoms with Crippen LogP contribution in [-0.4, -0.2) is 58.4 Å². The van der Waals surface area contributed by atoms with Crippen LogP contribution in [0.4, 0.5) is 4.39 Å². The lowest BCUT2D eigenvalue weighted by atomic mass is 9.95. The summed E-state index contributed by atoms with van der Waals surface area (Å²) < 4.78 is 15.4. The van der Waals surface area contributed by atoms with Crippen molar-refractivity contribution >= 4 is 11.8 Å². The van der Waals surface area contributed by atoms with Crippen molar-refractivity contribution in [2.45, 2.75) is 63.6 Å². The quantitative estimate of drug-likeness (QED) is 0.688. The predicted molar refractivity (Wildman–Crippen MR) is 131 cm³/mol. The number of carbonyl (C=O) groups is 2. The standard InChI is InChI=1S/C27H33FN4O3/c28-20-6-4-5-19(15-20)16-30-11-13-31(14-12-30)27(35)24-18-32(22-9-10-22)17-23(25(24)33)26(34)29-21-7-2-1-3-8-21/h4-6,15,17-18,21-22H,1-3,7-14,16H2,(H,29,34). The van der Waals surface area contributed by atoms with Crippen molar-refractivity contribution in [1.82, 2.24) is 19.7 Å². The Kier molecular flexibility index (Phi) is 7.00.